The number of hydrogen-bond acceptors (Lipinski definition) is 3. The summed E-state index contributed by atoms with van der Waals surface area (Å²) in [7, 11) is -1.67. The molecule has 19 heavy (non-hydrogen) atoms. The predicted octanol–water partition coefficient (Wildman–Crippen LogP) is 4.12. The van der Waals surface area contributed by atoms with Crippen LogP contribution in [-0.4, -0.2) is 26.1 Å². The zero-order valence-electron chi connectivity index (χ0n) is 13.6. The zero-order chi connectivity index (χ0) is 15.2. The molecule has 0 bridgehead atoms. The minimum atomic E-state index is -1.67. The maximum Gasteiger partial charge on any atom is 0.305 e. The lowest BCUT2D eigenvalue weighted by atomic mass is 10.2. The van der Waals surface area contributed by atoms with E-state index in [0.717, 1.165) is 0 Å². The molecule has 4 heteroatoms. The third-order valence-electron chi connectivity index (χ3n) is 4.39. The minimum absolute atomic E-state index is 0.0389. The number of esters is 1. The topological polar surface area (TPSA) is 43.4 Å². The summed E-state index contributed by atoms with van der Waals surface area (Å²) in [4.78, 5) is 22.6. The molecular weight excluding hydrogens is 256 g/mol. The second kappa shape index (κ2) is 7.83. The van der Waals surface area contributed by atoms with Gasteiger partial charge in [0.1, 0.15) is 13.9 Å². The Morgan fingerprint density at radius 1 is 0.895 bits per heavy atom. The Bertz CT molecular complexity index is 287. The number of carbonyl (C=O) groups is 2. The van der Waals surface area contributed by atoms with Crippen molar-refractivity contribution in [2.24, 2.45) is 0 Å². The average molecular weight is 286 g/mol. The van der Waals surface area contributed by atoms with Crippen LogP contribution in [0.25, 0.3) is 0 Å². The molecule has 0 radical (unpaired) electrons. The standard InChI is InChI=1S/C15H30O3Si/c1-11(2)19(12(3)4,13(5)6)10-18-15(17)9-8-14(7)16/h11-13H,8-10H2,1-7H3. The molecule has 3 nitrogen and oxygen atoms in total. The number of Topliss-reactive ketones (excluding diaryl/α,β-unsaturated/α-hetero) is 1. The highest BCUT2D eigenvalue weighted by molar-refractivity contribution is 6.83. The van der Waals surface area contributed by atoms with E-state index >= 15 is 0 Å². The van der Waals surface area contributed by atoms with E-state index in [1.165, 1.54) is 6.92 Å². The number of rotatable bonds is 8. The normalized spacial score (nSPS) is 12.3. The summed E-state index contributed by atoms with van der Waals surface area (Å²) >= 11 is 0. The van der Waals surface area contributed by atoms with Gasteiger partial charge in [0.05, 0.1) is 12.7 Å². The van der Waals surface area contributed by atoms with Gasteiger partial charge in [0.15, 0.2) is 0 Å². The maximum atomic E-state index is 11.7. The van der Waals surface area contributed by atoms with Gasteiger partial charge in [0.2, 0.25) is 0 Å². The van der Waals surface area contributed by atoms with Crippen LogP contribution in [0.1, 0.15) is 61.3 Å². The second-order valence-corrected chi connectivity index (χ2v) is 12.4. The van der Waals surface area contributed by atoms with E-state index in [2.05, 4.69) is 41.5 Å². The molecule has 0 atom stereocenters. The largest absolute Gasteiger partial charge is 0.469 e. The Hall–Kier alpha value is -0.643. The van der Waals surface area contributed by atoms with E-state index < -0.39 is 8.07 Å². The van der Waals surface area contributed by atoms with Crippen molar-refractivity contribution in [2.75, 3.05) is 6.23 Å². The fourth-order valence-electron chi connectivity index (χ4n) is 3.06. The summed E-state index contributed by atoms with van der Waals surface area (Å²) < 4.78 is 5.51. The lowest BCUT2D eigenvalue weighted by Crippen LogP contribution is -2.49. The van der Waals surface area contributed by atoms with E-state index in [9.17, 15) is 9.59 Å². The van der Waals surface area contributed by atoms with Crippen LogP contribution >= 0.6 is 0 Å². The quantitative estimate of drug-likeness (QED) is 0.498. The number of carbonyl (C=O) groups excluding carboxylic acids is 2. The smallest absolute Gasteiger partial charge is 0.305 e. The third-order valence-corrected chi connectivity index (χ3v) is 11.5. The van der Waals surface area contributed by atoms with Crippen molar-refractivity contribution in [1.29, 1.82) is 0 Å². The van der Waals surface area contributed by atoms with E-state index in [4.69, 9.17) is 4.74 Å². The molecule has 0 N–H and O–H groups in total. The Balaban J connectivity index is 4.68. The second-order valence-electron chi connectivity index (χ2n) is 6.44. The van der Waals surface area contributed by atoms with Crippen molar-refractivity contribution >= 4 is 19.8 Å². The molecule has 0 aromatic rings. The van der Waals surface area contributed by atoms with E-state index in [0.29, 0.717) is 29.3 Å². The average Bonchev–Trinajstić information content (AvgIpc) is 2.25. The lowest BCUT2D eigenvalue weighted by Gasteiger charge is -2.42. The molecule has 0 aromatic carbocycles. The molecular formula is C15H30O3Si. The molecule has 0 aliphatic heterocycles. The first-order valence-corrected chi connectivity index (χ1v) is 9.73. The van der Waals surface area contributed by atoms with Crippen LogP contribution in [-0.2, 0) is 14.3 Å². The van der Waals surface area contributed by atoms with Crippen LogP contribution in [0.2, 0.25) is 16.6 Å². The summed E-state index contributed by atoms with van der Waals surface area (Å²) in [6.45, 7) is 15.0. The summed E-state index contributed by atoms with van der Waals surface area (Å²) in [5.41, 5.74) is 1.73. The van der Waals surface area contributed by atoms with Gasteiger partial charge in [0, 0.05) is 6.42 Å². The van der Waals surface area contributed by atoms with E-state index in [-0.39, 0.29) is 18.2 Å². The molecule has 0 heterocycles. The molecule has 112 valence electrons. The highest BCUT2D eigenvalue weighted by atomic mass is 28.3. The van der Waals surface area contributed by atoms with E-state index in [1.54, 1.807) is 0 Å². The Kier molecular flexibility index (Phi) is 7.56. The number of hydrogen-bond donors (Lipinski definition) is 0. The number of ketones is 1. The van der Waals surface area contributed by atoms with Crippen LogP contribution in [0.5, 0.6) is 0 Å². The maximum absolute atomic E-state index is 11.7. The van der Waals surface area contributed by atoms with Crippen LogP contribution in [0, 0.1) is 0 Å². The van der Waals surface area contributed by atoms with Crippen molar-refractivity contribution in [3.05, 3.63) is 0 Å². The summed E-state index contributed by atoms with van der Waals surface area (Å²) in [6.07, 6.45) is 1.09. The van der Waals surface area contributed by atoms with Gasteiger partial charge < -0.3 is 9.53 Å². The Morgan fingerprint density at radius 2 is 1.32 bits per heavy atom. The van der Waals surface area contributed by atoms with Crippen LogP contribution < -0.4 is 0 Å². The van der Waals surface area contributed by atoms with E-state index in [1.807, 2.05) is 0 Å². The first kappa shape index (κ1) is 18.4. The van der Waals surface area contributed by atoms with Crippen LogP contribution in [0.15, 0.2) is 0 Å². The SMILES string of the molecule is CC(=O)CCC(=O)OC[Si](C(C)C)(C(C)C)C(C)C. The van der Waals surface area contributed by atoms with Gasteiger partial charge in [-0.3, -0.25) is 4.79 Å². The van der Waals surface area contributed by atoms with Gasteiger partial charge in [-0.25, -0.2) is 0 Å². The van der Waals surface area contributed by atoms with Gasteiger partial charge in [-0.05, 0) is 23.5 Å². The molecule has 0 amide bonds. The van der Waals surface area contributed by atoms with Crippen molar-refractivity contribution in [2.45, 2.75) is 77.9 Å². The predicted molar refractivity (Wildman–Crippen MR) is 81.9 cm³/mol. The van der Waals surface area contributed by atoms with Gasteiger partial charge in [-0.1, -0.05) is 41.5 Å². The fraction of sp³-hybridized carbons (Fsp3) is 0.867. The molecule has 0 unspecified atom stereocenters. The summed E-state index contributed by atoms with van der Waals surface area (Å²) in [6, 6.07) is 0. The van der Waals surface area contributed by atoms with Crippen molar-refractivity contribution < 1.29 is 14.3 Å². The van der Waals surface area contributed by atoms with Crippen molar-refractivity contribution in [3.63, 3.8) is 0 Å². The molecule has 0 aliphatic carbocycles. The third kappa shape index (κ3) is 5.09. The molecule has 0 rings (SSSR count). The van der Waals surface area contributed by atoms with Gasteiger partial charge in [0.25, 0.3) is 0 Å². The minimum Gasteiger partial charge on any atom is -0.469 e. The van der Waals surface area contributed by atoms with Crippen LogP contribution in [0.3, 0.4) is 0 Å². The zero-order valence-corrected chi connectivity index (χ0v) is 14.6. The summed E-state index contributed by atoms with van der Waals surface area (Å²) in [5.74, 6) is -0.189. The molecule has 0 fully saturated rings. The number of ether oxygens (including phenoxy) is 1. The highest BCUT2D eigenvalue weighted by Crippen LogP contribution is 2.41. The lowest BCUT2D eigenvalue weighted by molar-refractivity contribution is -0.143. The van der Waals surface area contributed by atoms with Crippen molar-refractivity contribution in [3.8, 4) is 0 Å². The molecule has 0 aliphatic rings. The Labute approximate surface area is 119 Å². The molecule has 0 spiro atoms. The van der Waals surface area contributed by atoms with Gasteiger partial charge in [-0.15, -0.1) is 0 Å². The first-order valence-electron chi connectivity index (χ1n) is 7.29. The van der Waals surface area contributed by atoms with Gasteiger partial charge >= 0.3 is 5.97 Å². The summed E-state index contributed by atoms with van der Waals surface area (Å²) in [5, 5.41) is 0. The molecule has 0 saturated carbocycles. The monoisotopic (exact) mass is 286 g/mol. The molecule has 0 saturated heterocycles. The highest BCUT2D eigenvalue weighted by Gasteiger charge is 2.44. The first-order chi connectivity index (χ1) is 8.64. The Morgan fingerprint density at radius 3 is 1.63 bits per heavy atom. The fourth-order valence-corrected chi connectivity index (χ4v) is 8.47. The van der Waals surface area contributed by atoms with Gasteiger partial charge in [-0.2, -0.15) is 0 Å². The van der Waals surface area contributed by atoms with Crippen molar-refractivity contribution in [1.82, 2.24) is 0 Å². The molecule has 0 aromatic heterocycles. The van der Waals surface area contributed by atoms with Crippen LogP contribution in [0.4, 0.5) is 0 Å².